The summed E-state index contributed by atoms with van der Waals surface area (Å²) in [5, 5.41) is 5.46. The molecule has 1 aliphatic heterocycles. The number of hydrogen-bond donors (Lipinski definition) is 1. The van der Waals surface area contributed by atoms with Crippen molar-refractivity contribution >= 4 is 45.0 Å². The number of rotatable bonds is 4. The Morgan fingerprint density at radius 3 is 2.84 bits per heavy atom. The van der Waals surface area contributed by atoms with Crippen molar-refractivity contribution in [2.75, 3.05) is 5.73 Å². The van der Waals surface area contributed by atoms with Gasteiger partial charge in [-0.3, -0.25) is 0 Å². The van der Waals surface area contributed by atoms with Crippen LogP contribution in [0.5, 0.6) is 5.75 Å². The molecule has 0 spiro atoms. The molecule has 8 heteroatoms. The zero-order valence-corrected chi connectivity index (χ0v) is 18.9. The molecule has 0 aliphatic carbocycles. The normalized spacial score (nSPS) is 14.4. The van der Waals surface area contributed by atoms with Gasteiger partial charge in [0.15, 0.2) is 5.65 Å². The Morgan fingerprint density at radius 2 is 2.03 bits per heavy atom. The molecule has 2 aromatic heterocycles. The van der Waals surface area contributed by atoms with Crippen LogP contribution < -0.4 is 10.5 Å². The summed E-state index contributed by atoms with van der Waals surface area (Å²) in [5.74, 6) is 1.65. The van der Waals surface area contributed by atoms with Gasteiger partial charge < -0.3 is 10.5 Å². The van der Waals surface area contributed by atoms with Crippen molar-refractivity contribution in [2.24, 2.45) is 0 Å². The Kier molecular flexibility index (Phi) is 5.09. The molecule has 2 N–H and O–H groups in total. The lowest BCUT2D eigenvalue weighted by molar-refractivity contribution is 0.321. The molecule has 6 nitrogen and oxygen atoms in total. The van der Waals surface area contributed by atoms with E-state index in [1.54, 1.807) is 12.1 Å². The Bertz CT molecular complexity index is 1330. The number of nitrogens with two attached hydrogens (primary N) is 1. The van der Waals surface area contributed by atoms with Gasteiger partial charge in [-0.05, 0) is 58.3 Å². The number of halogens is 2. The van der Waals surface area contributed by atoms with E-state index in [1.165, 1.54) is 12.4 Å². The van der Waals surface area contributed by atoms with Gasteiger partial charge in [0.2, 0.25) is 0 Å². The summed E-state index contributed by atoms with van der Waals surface area (Å²) in [6, 6.07) is 14.3. The lowest BCUT2D eigenvalue weighted by Gasteiger charge is -2.29. The molecule has 1 atom stereocenters. The van der Waals surface area contributed by atoms with E-state index < -0.39 is 0 Å². The average Bonchev–Trinajstić information content (AvgIpc) is 3.11. The second kappa shape index (κ2) is 7.92. The molecular formula is C23H19FIN5O. The molecule has 5 rings (SSSR count). The maximum Gasteiger partial charge on any atom is 0.165 e. The molecule has 156 valence electrons. The number of anilines is 1. The molecule has 31 heavy (non-hydrogen) atoms. The number of nitrogen functional groups attached to an aromatic ring is 1. The summed E-state index contributed by atoms with van der Waals surface area (Å²) in [6.45, 7) is 2.07. The first-order valence-corrected chi connectivity index (χ1v) is 11.0. The first-order chi connectivity index (χ1) is 15.1. The molecule has 0 bridgehead atoms. The van der Waals surface area contributed by atoms with Gasteiger partial charge in [0.25, 0.3) is 0 Å². The standard InChI is InChI=1S/C23H19FIN5O/c1-2-17(30-23-19(21(25)29-30)22(26)27-12-28-23)20-16(13-7-5-8-15(24)10-13)11-14-6-3-4-9-18(14)31-20/h3-10,12,17H,2,11H2,1H3,(H2,26,27,28). The van der Waals surface area contributed by atoms with E-state index in [1.807, 2.05) is 35.0 Å². The summed E-state index contributed by atoms with van der Waals surface area (Å²) < 4.78 is 23.1. The molecular weight excluding hydrogens is 508 g/mol. The number of aromatic nitrogens is 4. The molecule has 0 fully saturated rings. The fourth-order valence-corrected chi connectivity index (χ4v) is 4.79. The summed E-state index contributed by atoms with van der Waals surface area (Å²) >= 11 is 2.15. The van der Waals surface area contributed by atoms with Crippen molar-refractivity contribution < 1.29 is 9.13 Å². The monoisotopic (exact) mass is 527 g/mol. The quantitative estimate of drug-likeness (QED) is 0.372. The van der Waals surface area contributed by atoms with Crippen LogP contribution in [0, 0.1) is 9.52 Å². The molecule has 3 heterocycles. The third kappa shape index (κ3) is 3.44. The highest BCUT2D eigenvalue weighted by molar-refractivity contribution is 14.1. The molecule has 2 aromatic carbocycles. The Hall–Kier alpha value is -3.01. The Balaban J connectivity index is 1.73. The van der Waals surface area contributed by atoms with Crippen molar-refractivity contribution in [3.63, 3.8) is 0 Å². The largest absolute Gasteiger partial charge is 0.459 e. The van der Waals surface area contributed by atoms with Crippen LogP contribution in [0.3, 0.4) is 0 Å². The number of allylic oxidation sites excluding steroid dienone is 2. The van der Waals surface area contributed by atoms with E-state index in [-0.39, 0.29) is 11.9 Å². The number of nitrogens with zero attached hydrogens (tertiary/aromatic N) is 4. The molecule has 1 unspecified atom stereocenters. The highest BCUT2D eigenvalue weighted by Gasteiger charge is 2.30. The van der Waals surface area contributed by atoms with Crippen molar-refractivity contribution in [1.29, 1.82) is 0 Å². The summed E-state index contributed by atoms with van der Waals surface area (Å²) in [6.07, 6.45) is 2.78. The Morgan fingerprint density at radius 1 is 1.19 bits per heavy atom. The lowest BCUT2D eigenvalue weighted by atomic mass is 9.91. The minimum absolute atomic E-state index is 0.244. The van der Waals surface area contributed by atoms with E-state index in [4.69, 9.17) is 15.6 Å². The molecule has 0 radical (unpaired) electrons. The van der Waals surface area contributed by atoms with Crippen LogP contribution in [0.1, 0.15) is 30.5 Å². The predicted molar refractivity (Wildman–Crippen MR) is 126 cm³/mol. The van der Waals surface area contributed by atoms with Gasteiger partial charge >= 0.3 is 0 Å². The molecule has 0 amide bonds. The highest BCUT2D eigenvalue weighted by Crippen LogP contribution is 2.41. The van der Waals surface area contributed by atoms with Crippen molar-refractivity contribution in [2.45, 2.75) is 25.8 Å². The first kappa shape index (κ1) is 19.9. The van der Waals surface area contributed by atoms with E-state index in [9.17, 15) is 4.39 Å². The number of fused-ring (bicyclic) bond motifs is 2. The molecule has 0 saturated carbocycles. The fraction of sp³-hybridized carbons (Fsp3) is 0.174. The molecule has 4 aromatic rings. The second-order valence-electron chi connectivity index (χ2n) is 7.36. The zero-order chi connectivity index (χ0) is 21.5. The smallest absolute Gasteiger partial charge is 0.165 e. The van der Waals surface area contributed by atoms with Crippen LogP contribution >= 0.6 is 22.6 Å². The topological polar surface area (TPSA) is 78.9 Å². The fourth-order valence-electron chi connectivity index (χ4n) is 4.04. The number of ether oxygens (including phenoxy) is 1. The van der Waals surface area contributed by atoms with Crippen LogP contribution in [0.4, 0.5) is 10.2 Å². The predicted octanol–water partition coefficient (Wildman–Crippen LogP) is 5.15. The average molecular weight is 527 g/mol. The molecule has 0 saturated heterocycles. The second-order valence-corrected chi connectivity index (χ2v) is 8.38. The van der Waals surface area contributed by atoms with E-state index in [0.717, 1.165) is 37.3 Å². The minimum atomic E-state index is -0.282. The number of benzene rings is 2. The maximum absolute atomic E-state index is 14.1. The summed E-state index contributed by atoms with van der Waals surface area (Å²) in [5.41, 5.74) is 9.54. The van der Waals surface area contributed by atoms with Crippen LogP contribution in [0.2, 0.25) is 0 Å². The zero-order valence-electron chi connectivity index (χ0n) is 16.7. The SMILES string of the molecule is CCC(C1=C(c2cccc(F)c2)Cc2ccccc2O1)n1nc(I)c2c(N)ncnc21. The van der Waals surface area contributed by atoms with Gasteiger partial charge in [-0.1, -0.05) is 37.3 Å². The van der Waals surface area contributed by atoms with Gasteiger partial charge in [0.1, 0.15) is 39.2 Å². The van der Waals surface area contributed by atoms with Crippen LogP contribution in [-0.2, 0) is 6.42 Å². The van der Waals surface area contributed by atoms with Crippen molar-refractivity contribution in [1.82, 2.24) is 19.7 Å². The highest BCUT2D eigenvalue weighted by atomic mass is 127. The van der Waals surface area contributed by atoms with E-state index in [2.05, 4.69) is 39.5 Å². The maximum atomic E-state index is 14.1. The van der Waals surface area contributed by atoms with Crippen molar-refractivity contribution in [3.05, 3.63) is 81.3 Å². The van der Waals surface area contributed by atoms with Crippen LogP contribution in [-0.4, -0.2) is 19.7 Å². The van der Waals surface area contributed by atoms with Gasteiger partial charge in [-0.15, -0.1) is 0 Å². The lowest BCUT2D eigenvalue weighted by Crippen LogP contribution is -2.21. The van der Waals surface area contributed by atoms with Gasteiger partial charge in [-0.2, -0.15) is 5.10 Å². The van der Waals surface area contributed by atoms with Gasteiger partial charge in [0, 0.05) is 12.0 Å². The third-order valence-electron chi connectivity index (χ3n) is 5.49. The summed E-state index contributed by atoms with van der Waals surface area (Å²) in [4.78, 5) is 8.55. The van der Waals surface area contributed by atoms with Crippen LogP contribution in [0.15, 0.2) is 60.6 Å². The number of hydrogen-bond acceptors (Lipinski definition) is 5. The van der Waals surface area contributed by atoms with E-state index >= 15 is 0 Å². The summed E-state index contributed by atoms with van der Waals surface area (Å²) in [7, 11) is 0. The first-order valence-electron chi connectivity index (χ1n) is 9.95. The third-order valence-corrected chi connectivity index (χ3v) is 6.25. The number of para-hydroxylation sites is 1. The van der Waals surface area contributed by atoms with E-state index in [0.29, 0.717) is 24.3 Å². The van der Waals surface area contributed by atoms with Crippen LogP contribution in [0.25, 0.3) is 16.6 Å². The minimum Gasteiger partial charge on any atom is -0.459 e. The van der Waals surface area contributed by atoms with Gasteiger partial charge in [-0.25, -0.2) is 19.0 Å². The molecule has 1 aliphatic rings. The van der Waals surface area contributed by atoms with Gasteiger partial charge in [0.05, 0.1) is 5.39 Å². The Labute approximate surface area is 192 Å². The van der Waals surface area contributed by atoms with Crippen molar-refractivity contribution in [3.8, 4) is 5.75 Å².